The maximum atomic E-state index is 3.12. The minimum Gasteiger partial charge on any atom is -0.0613 e. The lowest BCUT2D eigenvalue weighted by Gasteiger charge is -2.09. The molecule has 0 aromatic heterocycles. The number of rotatable bonds is 2. The summed E-state index contributed by atoms with van der Waals surface area (Å²) >= 11 is 0. The number of hydrogen-bond acceptors (Lipinski definition) is 0. The van der Waals surface area contributed by atoms with Crippen LogP contribution in [0, 0.1) is 6.07 Å². The summed E-state index contributed by atoms with van der Waals surface area (Å²) in [5.74, 6) is 0. The van der Waals surface area contributed by atoms with Crippen LogP contribution in [0.1, 0.15) is 25.0 Å². The third-order valence-electron chi connectivity index (χ3n) is 2.81. The maximum Gasteiger partial charge on any atom is -0.0149 e. The number of benzene rings is 2. The fourth-order valence-corrected chi connectivity index (χ4v) is 2.07. The summed E-state index contributed by atoms with van der Waals surface area (Å²) in [6.45, 7) is 4.44. The molecule has 2 aromatic rings. The van der Waals surface area contributed by atoms with E-state index < -0.39 is 0 Å². The fraction of sp³-hybridized carbons (Fsp3) is 0.286. The minimum absolute atomic E-state index is 1.12. The molecular formula is C14H15. The number of aryl methyl sites for hydroxylation is 2. The molecule has 0 atom stereocenters. The summed E-state index contributed by atoms with van der Waals surface area (Å²) in [5, 5.41) is 2.70. The Morgan fingerprint density at radius 1 is 1.07 bits per heavy atom. The molecule has 0 amide bonds. The van der Waals surface area contributed by atoms with E-state index in [1.807, 2.05) is 6.07 Å². The third kappa shape index (κ3) is 1.41. The maximum absolute atomic E-state index is 3.12. The quantitative estimate of drug-likeness (QED) is 0.665. The SMILES string of the molecule is CCc1ccc2c[c]ccc2c1CC. The molecule has 0 saturated carbocycles. The topological polar surface area (TPSA) is 0 Å². The standard InChI is InChI=1S/C14H15/c1-3-11-9-10-12-7-5-6-8-14(12)13(11)4-2/h6-10H,3-4H2,1-2H3. The second-order valence-corrected chi connectivity index (χ2v) is 3.56. The van der Waals surface area contributed by atoms with Crippen molar-refractivity contribution in [1.29, 1.82) is 0 Å². The van der Waals surface area contributed by atoms with E-state index in [9.17, 15) is 0 Å². The molecule has 2 rings (SSSR count). The van der Waals surface area contributed by atoms with Gasteiger partial charge in [0.05, 0.1) is 0 Å². The Morgan fingerprint density at radius 3 is 2.64 bits per heavy atom. The summed E-state index contributed by atoms with van der Waals surface area (Å²) in [6, 6.07) is 13.8. The molecule has 0 bridgehead atoms. The highest BCUT2D eigenvalue weighted by atomic mass is 14.1. The zero-order valence-electron chi connectivity index (χ0n) is 8.80. The third-order valence-corrected chi connectivity index (χ3v) is 2.81. The predicted octanol–water partition coefficient (Wildman–Crippen LogP) is 3.76. The Kier molecular flexibility index (Phi) is 2.53. The van der Waals surface area contributed by atoms with Gasteiger partial charge in [0.2, 0.25) is 0 Å². The van der Waals surface area contributed by atoms with Gasteiger partial charge in [-0.05, 0) is 46.9 Å². The average molecular weight is 183 g/mol. The number of hydrogen-bond donors (Lipinski definition) is 0. The van der Waals surface area contributed by atoms with Crippen molar-refractivity contribution in [3.05, 3.63) is 47.5 Å². The van der Waals surface area contributed by atoms with Crippen molar-refractivity contribution in [3.63, 3.8) is 0 Å². The molecule has 0 heterocycles. The van der Waals surface area contributed by atoms with Crippen LogP contribution >= 0.6 is 0 Å². The molecule has 0 heteroatoms. The van der Waals surface area contributed by atoms with Crippen LogP contribution in [0.15, 0.2) is 30.3 Å². The Hall–Kier alpha value is -1.30. The van der Waals surface area contributed by atoms with E-state index in [1.54, 1.807) is 0 Å². The van der Waals surface area contributed by atoms with Crippen LogP contribution in [-0.2, 0) is 12.8 Å². The highest BCUT2D eigenvalue weighted by Crippen LogP contribution is 2.23. The van der Waals surface area contributed by atoms with E-state index in [1.165, 1.54) is 21.9 Å². The molecule has 0 saturated heterocycles. The van der Waals surface area contributed by atoms with Gasteiger partial charge in [0.15, 0.2) is 0 Å². The minimum atomic E-state index is 1.12. The van der Waals surface area contributed by atoms with Crippen molar-refractivity contribution >= 4 is 10.8 Å². The molecule has 1 radical (unpaired) electrons. The monoisotopic (exact) mass is 183 g/mol. The smallest absolute Gasteiger partial charge is 0.0149 e. The Balaban J connectivity index is 2.77. The van der Waals surface area contributed by atoms with Gasteiger partial charge in [0, 0.05) is 0 Å². The van der Waals surface area contributed by atoms with E-state index in [-0.39, 0.29) is 0 Å². The molecule has 2 aromatic carbocycles. The summed E-state index contributed by atoms with van der Waals surface area (Å²) in [5.41, 5.74) is 2.98. The van der Waals surface area contributed by atoms with Crippen LogP contribution < -0.4 is 0 Å². The van der Waals surface area contributed by atoms with Gasteiger partial charge in [-0.3, -0.25) is 0 Å². The van der Waals surface area contributed by atoms with E-state index in [4.69, 9.17) is 0 Å². The van der Waals surface area contributed by atoms with Crippen LogP contribution in [0.5, 0.6) is 0 Å². The van der Waals surface area contributed by atoms with Gasteiger partial charge in [-0.1, -0.05) is 38.1 Å². The zero-order valence-corrected chi connectivity index (χ0v) is 8.80. The largest absolute Gasteiger partial charge is 0.0613 e. The molecule has 0 aliphatic rings. The Bertz CT molecular complexity index is 441. The summed E-state index contributed by atoms with van der Waals surface area (Å²) in [6.07, 6.45) is 2.24. The molecule has 0 aliphatic heterocycles. The van der Waals surface area contributed by atoms with Crippen molar-refractivity contribution in [2.75, 3.05) is 0 Å². The normalized spacial score (nSPS) is 10.7. The van der Waals surface area contributed by atoms with Crippen molar-refractivity contribution in [2.24, 2.45) is 0 Å². The first-order valence-electron chi connectivity index (χ1n) is 5.27. The molecule has 0 unspecified atom stereocenters. The van der Waals surface area contributed by atoms with Crippen LogP contribution in [0.4, 0.5) is 0 Å². The highest BCUT2D eigenvalue weighted by Gasteiger charge is 2.03. The highest BCUT2D eigenvalue weighted by molar-refractivity contribution is 5.86. The second kappa shape index (κ2) is 3.83. The second-order valence-electron chi connectivity index (χ2n) is 3.56. The van der Waals surface area contributed by atoms with Crippen LogP contribution in [0.25, 0.3) is 10.8 Å². The van der Waals surface area contributed by atoms with Crippen LogP contribution in [-0.4, -0.2) is 0 Å². The van der Waals surface area contributed by atoms with Crippen LogP contribution in [0.2, 0.25) is 0 Å². The lowest BCUT2D eigenvalue weighted by Crippen LogP contribution is -1.92. The first kappa shape index (κ1) is 9.26. The molecular weight excluding hydrogens is 168 g/mol. The van der Waals surface area contributed by atoms with E-state index in [2.05, 4.69) is 44.2 Å². The summed E-state index contributed by atoms with van der Waals surface area (Å²) < 4.78 is 0. The van der Waals surface area contributed by atoms with Crippen LogP contribution in [0.3, 0.4) is 0 Å². The molecule has 0 fully saturated rings. The molecule has 71 valence electrons. The number of fused-ring (bicyclic) bond motifs is 1. The van der Waals surface area contributed by atoms with E-state index >= 15 is 0 Å². The first-order valence-corrected chi connectivity index (χ1v) is 5.27. The first-order chi connectivity index (χ1) is 6.86. The van der Waals surface area contributed by atoms with Gasteiger partial charge in [0.25, 0.3) is 0 Å². The van der Waals surface area contributed by atoms with Gasteiger partial charge < -0.3 is 0 Å². The van der Waals surface area contributed by atoms with Gasteiger partial charge >= 0.3 is 0 Å². The van der Waals surface area contributed by atoms with E-state index in [0.717, 1.165) is 12.8 Å². The fourth-order valence-electron chi connectivity index (χ4n) is 2.07. The van der Waals surface area contributed by atoms with E-state index in [0.29, 0.717) is 0 Å². The molecule has 0 nitrogen and oxygen atoms in total. The van der Waals surface area contributed by atoms with Gasteiger partial charge in [-0.15, -0.1) is 0 Å². The van der Waals surface area contributed by atoms with Crippen molar-refractivity contribution in [2.45, 2.75) is 26.7 Å². The summed E-state index contributed by atoms with van der Waals surface area (Å²) in [4.78, 5) is 0. The predicted molar refractivity (Wildman–Crippen MR) is 61.5 cm³/mol. The lowest BCUT2D eigenvalue weighted by molar-refractivity contribution is 1.05. The molecule has 0 aliphatic carbocycles. The average Bonchev–Trinajstić information content (AvgIpc) is 2.27. The van der Waals surface area contributed by atoms with Gasteiger partial charge in [-0.25, -0.2) is 0 Å². The van der Waals surface area contributed by atoms with Crippen molar-refractivity contribution in [3.8, 4) is 0 Å². The summed E-state index contributed by atoms with van der Waals surface area (Å²) in [7, 11) is 0. The van der Waals surface area contributed by atoms with Crippen molar-refractivity contribution < 1.29 is 0 Å². The lowest BCUT2D eigenvalue weighted by atomic mass is 9.96. The Morgan fingerprint density at radius 2 is 1.93 bits per heavy atom. The van der Waals surface area contributed by atoms with Gasteiger partial charge in [-0.2, -0.15) is 0 Å². The van der Waals surface area contributed by atoms with Crippen molar-refractivity contribution in [1.82, 2.24) is 0 Å². The van der Waals surface area contributed by atoms with Gasteiger partial charge in [0.1, 0.15) is 0 Å². The molecule has 0 N–H and O–H groups in total. The Labute approximate surface area is 85.6 Å². The molecule has 0 spiro atoms. The molecule has 14 heavy (non-hydrogen) atoms. The zero-order chi connectivity index (χ0) is 9.97.